The quantitative estimate of drug-likeness (QED) is 0.428. The molecule has 0 atom stereocenters. The largest absolute Gasteiger partial charge is 0.497 e. The van der Waals surface area contributed by atoms with Gasteiger partial charge in [-0.1, -0.05) is 22.0 Å². The van der Waals surface area contributed by atoms with E-state index in [1.165, 1.54) is 0 Å². The molecule has 4 nitrogen and oxygen atoms in total. The van der Waals surface area contributed by atoms with Gasteiger partial charge in [-0.25, -0.2) is 4.79 Å². The average molecular weight is 437 g/mol. The van der Waals surface area contributed by atoms with Gasteiger partial charge in [0, 0.05) is 16.1 Å². The molecule has 0 amide bonds. The summed E-state index contributed by atoms with van der Waals surface area (Å²) in [6.45, 7) is 0. The standard InChI is InChI=1S/C17H11Br2NO3/c1-22-11-6-4-10(5-7-11)17(21)23-16-14(19)9-13(18)12-3-2-8-20-15(12)16/h2-9H,1H3. The van der Waals surface area contributed by atoms with Gasteiger partial charge >= 0.3 is 5.97 Å². The molecular weight excluding hydrogens is 426 g/mol. The minimum atomic E-state index is -0.456. The fraction of sp³-hybridized carbons (Fsp3) is 0.0588. The van der Waals surface area contributed by atoms with E-state index in [1.54, 1.807) is 37.6 Å². The first-order chi connectivity index (χ1) is 11.1. The van der Waals surface area contributed by atoms with Crippen LogP contribution in [0.1, 0.15) is 10.4 Å². The summed E-state index contributed by atoms with van der Waals surface area (Å²) in [4.78, 5) is 16.7. The molecule has 23 heavy (non-hydrogen) atoms. The fourth-order valence-electron chi connectivity index (χ4n) is 2.12. The van der Waals surface area contributed by atoms with Crippen LogP contribution in [-0.4, -0.2) is 18.1 Å². The summed E-state index contributed by atoms with van der Waals surface area (Å²) in [7, 11) is 1.57. The number of esters is 1. The van der Waals surface area contributed by atoms with Gasteiger partial charge in [0.25, 0.3) is 0 Å². The number of pyridine rings is 1. The zero-order valence-corrected chi connectivity index (χ0v) is 15.2. The Kier molecular flexibility index (Phi) is 4.63. The van der Waals surface area contributed by atoms with E-state index in [1.807, 2.05) is 18.2 Å². The van der Waals surface area contributed by atoms with Crippen molar-refractivity contribution >= 4 is 48.7 Å². The van der Waals surface area contributed by atoms with Crippen molar-refractivity contribution in [1.29, 1.82) is 0 Å². The number of fused-ring (bicyclic) bond motifs is 1. The van der Waals surface area contributed by atoms with Crippen molar-refractivity contribution in [3.05, 3.63) is 63.2 Å². The molecule has 0 N–H and O–H groups in total. The van der Waals surface area contributed by atoms with Crippen molar-refractivity contribution in [3.63, 3.8) is 0 Å². The normalized spacial score (nSPS) is 10.6. The number of halogens is 2. The van der Waals surface area contributed by atoms with Crippen LogP contribution in [0, 0.1) is 0 Å². The fourth-order valence-corrected chi connectivity index (χ4v) is 3.48. The predicted molar refractivity (Wildman–Crippen MR) is 95.1 cm³/mol. The maximum Gasteiger partial charge on any atom is 0.343 e. The molecule has 0 fully saturated rings. The number of ether oxygens (including phenoxy) is 2. The topological polar surface area (TPSA) is 48.4 Å². The summed E-state index contributed by atoms with van der Waals surface area (Å²) >= 11 is 6.91. The van der Waals surface area contributed by atoms with Gasteiger partial charge < -0.3 is 9.47 Å². The smallest absolute Gasteiger partial charge is 0.343 e. The van der Waals surface area contributed by atoms with Crippen LogP contribution in [0.15, 0.2) is 57.6 Å². The van der Waals surface area contributed by atoms with Gasteiger partial charge in [0.05, 0.1) is 17.1 Å². The van der Waals surface area contributed by atoms with Crippen LogP contribution in [0.2, 0.25) is 0 Å². The number of methoxy groups -OCH3 is 1. The maximum absolute atomic E-state index is 12.4. The second kappa shape index (κ2) is 6.68. The summed E-state index contributed by atoms with van der Waals surface area (Å²) in [5, 5.41) is 0.869. The summed E-state index contributed by atoms with van der Waals surface area (Å²) in [5.41, 5.74) is 1.04. The summed E-state index contributed by atoms with van der Waals surface area (Å²) in [5.74, 6) is 0.616. The second-order valence-corrected chi connectivity index (χ2v) is 6.40. The number of carbonyl (C=O) groups excluding carboxylic acids is 1. The average Bonchev–Trinajstić information content (AvgIpc) is 2.58. The van der Waals surface area contributed by atoms with Crippen LogP contribution in [0.25, 0.3) is 10.9 Å². The van der Waals surface area contributed by atoms with Gasteiger partial charge in [-0.15, -0.1) is 0 Å². The number of hydrogen-bond acceptors (Lipinski definition) is 4. The van der Waals surface area contributed by atoms with E-state index >= 15 is 0 Å². The highest BCUT2D eigenvalue weighted by molar-refractivity contribution is 9.11. The Bertz CT molecular complexity index is 879. The third-order valence-electron chi connectivity index (χ3n) is 3.27. The molecule has 1 aromatic heterocycles. The van der Waals surface area contributed by atoms with E-state index in [2.05, 4.69) is 36.8 Å². The minimum Gasteiger partial charge on any atom is -0.497 e. The predicted octanol–water partition coefficient (Wildman–Crippen LogP) is 4.99. The third kappa shape index (κ3) is 3.23. The minimum absolute atomic E-state index is 0.393. The highest BCUT2D eigenvalue weighted by atomic mass is 79.9. The lowest BCUT2D eigenvalue weighted by Crippen LogP contribution is -2.09. The lowest BCUT2D eigenvalue weighted by molar-refractivity contribution is 0.0735. The summed E-state index contributed by atoms with van der Waals surface area (Å²) < 4.78 is 12.2. The van der Waals surface area contributed by atoms with Crippen molar-refractivity contribution in [2.24, 2.45) is 0 Å². The number of hydrogen-bond donors (Lipinski definition) is 0. The number of carbonyl (C=O) groups is 1. The van der Waals surface area contributed by atoms with Crippen LogP contribution in [0.3, 0.4) is 0 Å². The maximum atomic E-state index is 12.4. The Morgan fingerprint density at radius 3 is 2.52 bits per heavy atom. The van der Waals surface area contributed by atoms with Crippen LogP contribution < -0.4 is 9.47 Å². The molecule has 0 unspecified atom stereocenters. The molecule has 6 heteroatoms. The molecular formula is C17H11Br2NO3. The zero-order valence-electron chi connectivity index (χ0n) is 12.0. The molecule has 0 saturated heterocycles. The molecule has 1 heterocycles. The van der Waals surface area contributed by atoms with Crippen molar-refractivity contribution in [2.45, 2.75) is 0 Å². The van der Waals surface area contributed by atoms with Gasteiger partial charge in [0.1, 0.15) is 11.3 Å². The number of benzene rings is 2. The molecule has 0 aliphatic rings. The molecule has 0 spiro atoms. The molecule has 0 aliphatic carbocycles. The summed E-state index contributed by atoms with van der Waals surface area (Å²) in [6, 6.07) is 12.3. The van der Waals surface area contributed by atoms with E-state index in [4.69, 9.17) is 9.47 Å². The van der Waals surface area contributed by atoms with Crippen molar-refractivity contribution in [3.8, 4) is 11.5 Å². The monoisotopic (exact) mass is 435 g/mol. The van der Waals surface area contributed by atoms with Crippen LogP contribution in [0.4, 0.5) is 0 Å². The van der Waals surface area contributed by atoms with Gasteiger partial charge in [0.15, 0.2) is 5.75 Å². The number of nitrogens with zero attached hydrogens (tertiary/aromatic N) is 1. The van der Waals surface area contributed by atoms with Gasteiger partial charge in [0.2, 0.25) is 0 Å². The van der Waals surface area contributed by atoms with Crippen molar-refractivity contribution in [2.75, 3.05) is 7.11 Å². The van der Waals surface area contributed by atoms with Crippen LogP contribution in [0.5, 0.6) is 11.5 Å². The third-order valence-corrected chi connectivity index (χ3v) is 4.52. The second-order valence-electron chi connectivity index (χ2n) is 4.69. The van der Waals surface area contributed by atoms with Gasteiger partial charge in [-0.3, -0.25) is 4.98 Å². The van der Waals surface area contributed by atoms with Crippen LogP contribution in [-0.2, 0) is 0 Å². The SMILES string of the molecule is COc1ccc(C(=O)Oc2c(Br)cc(Br)c3cccnc23)cc1. The zero-order chi connectivity index (χ0) is 16.4. The number of rotatable bonds is 3. The molecule has 0 saturated carbocycles. The van der Waals surface area contributed by atoms with Crippen molar-refractivity contribution in [1.82, 2.24) is 4.98 Å². The molecule has 116 valence electrons. The molecule has 0 radical (unpaired) electrons. The van der Waals surface area contributed by atoms with Gasteiger partial charge in [-0.05, 0) is 52.3 Å². The Hall–Kier alpha value is -1.92. The highest BCUT2D eigenvalue weighted by Crippen LogP contribution is 2.37. The van der Waals surface area contributed by atoms with E-state index in [9.17, 15) is 4.79 Å². The van der Waals surface area contributed by atoms with E-state index < -0.39 is 5.97 Å². The highest BCUT2D eigenvalue weighted by Gasteiger charge is 2.16. The first kappa shape index (κ1) is 16.0. The van der Waals surface area contributed by atoms with Crippen LogP contribution >= 0.6 is 31.9 Å². The lowest BCUT2D eigenvalue weighted by atomic mass is 10.2. The Morgan fingerprint density at radius 1 is 1.09 bits per heavy atom. The molecule has 2 aromatic carbocycles. The molecule has 3 rings (SSSR count). The first-order valence-electron chi connectivity index (χ1n) is 6.69. The van der Waals surface area contributed by atoms with Gasteiger partial charge in [-0.2, -0.15) is 0 Å². The Balaban J connectivity index is 1.99. The molecule has 0 aliphatic heterocycles. The van der Waals surface area contributed by atoms with E-state index in [0.717, 1.165) is 9.86 Å². The molecule has 3 aromatic rings. The Labute approximate surface area is 149 Å². The molecule has 0 bridgehead atoms. The Morgan fingerprint density at radius 2 is 1.83 bits per heavy atom. The van der Waals surface area contributed by atoms with E-state index in [-0.39, 0.29) is 0 Å². The lowest BCUT2D eigenvalue weighted by Gasteiger charge is -2.11. The first-order valence-corrected chi connectivity index (χ1v) is 8.27. The van der Waals surface area contributed by atoms with Crippen molar-refractivity contribution < 1.29 is 14.3 Å². The summed E-state index contributed by atoms with van der Waals surface area (Å²) in [6.07, 6.45) is 1.66. The number of aromatic nitrogens is 1. The van der Waals surface area contributed by atoms with E-state index in [0.29, 0.717) is 27.1 Å².